The lowest BCUT2D eigenvalue weighted by atomic mass is 10.2. The summed E-state index contributed by atoms with van der Waals surface area (Å²) in [7, 11) is -2.72. The summed E-state index contributed by atoms with van der Waals surface area (Å²) in [5, 5.41) is 2.03. The quantitative estimate of drug-likeness (QED) is 0.810. The van der Waals surface area contributed by atoms with Gasteiger partial charge in [0.2, 0.25) is 0 Å². The van der Waals surface area contributed by atoms with Crippen molar-refractivity contribution in [1.82, 2.24) is 0 Å². The molecule has 0 atom stereocenters. The second kappa shape index (κ2) is 6.49. The maximum absolute atomic E-state index is 12.2. The summed E-state index contributed by atoms with van der Waals surface area (Å²) < 4.78 is 6.16. The van der Waals surface area contributed by atoms with Crippen molar-refractivity contribution in [3.63, 3.8) is 0 Å². The molecule has 0 saturated carbocycles. The number of carbonyl (C=O) groups is 1. The molecule has 2 nitrogen and oxygen atoms in total. The van der Waals surface area contributed by atoms with E-state index in [1.54, 1.807) is 0 Å². The molecular weight excluding hydrogens is 288 g/mol. The largest absolute Gasteiger partial charge is 0.510 e. The molecule has 0 heterocycles. The number of hydrogen-bond donors (Lipinski definition) is 0. The Labute approximate surface area is 134 Å². The fourth-order valence-corrected chi connectivity index (χ4v) is 7.25. The lowest BCUT2D eigenvalue weighted by molar-refractivity contribution is -0.134. The highest BCUT2D eigenvalue weighted by atomic mass is 28.4. The molecule has 22 heavy (non-hydrogen) atoms. The van der Waals surface area contributed by atoms with Gasteiger partial charge in [-0.25, -0.2) is 0 Å². The molecule has 0 spiro atoms. The Kier molecular flexibility index (Phi) is 4.86. The summed E-state index contributed by atoms with van der Waals surface area (Å²) in [6.07, 6.45) is 0.143. The molecule has 115 valence electrons. The summed E-state index contributed by atoms with van der Waals surface area (Å²) in [6, 6.07) is 20.3. The van der Waals surface area contributed by atoms with Crippen LogP contribution >= 0.6 is 0 Å². The van der Waals surface area contributed by atoms with Crippen molar-refractivity contribution in [2.75, 3.05) is 0 Å². The van der Waals surface area contributed by atoms with Gasteiger partial charge in [-0.1, -0.05) is 81.4 Å². The van der Waals surface area contributed by atoms with Crippen LogP contribution in [0.1, 0.15) is 27.2 Å². The van der Waals surface area contributed by atoms with Crippen LogP contribution in [0.3, 0.4) is 0 Å². The van der Waals surface area contributed by atoms with Crippen LogP contribution in [0.4, 0.5) is 0 Å². The molecule has 2 aromatic carbocycles. The lowest BCUT2D eigenvalue weighted by Crippen LogP contribution is -2.67. The van der Waals surface area contributed by atoms with Gasteiger partial charge in [0.15, 0.2) is 0 Å². The zero-order valence-corrected chi connectivity index (χ0v) is 14.5. The molecule has 0 fully saturated rings. The topological polar surface area (TPSA) is 26.3 Å². The summed E-state index contributed by atoms with van der Waals surface area (Å²) in [5.41, 5.74) is 0. The molecule has 2 aromatic rings. The van der Waals surface area contributed by atoms with E-state index in [0.717, 1.165) is 10.4 Å². The molecule has 1 radical (unpaired) electrons. The summed E-state index contributed by atoms with van der Waals surface area (Å²) in [6.45, 7) is 10.1. The third-order valence-electron chi connectivity index (χ3n) is 3.89. The van der Waals surface area contributed by atoms with Crippen LogP contribution in [-0.2, 0) is 9.22 Å². The normalized spacial score (nSPS) is 12.0. The van der Waals surface area contributed by atoms with Crippen molar-refractivity contribution >= 4 is 24.7 Å². The van der Waals surface area contributed by atoms with E-state index < -0.39 is 8.32 Å². The van der Waals surface area contributed by atoms with E-state index in [0.29, 0.717) is 0 Å². The van der Waals surface area contributed by atoms with Gasteiger partial charge in [-0.05, 0) is 22.3 Å². The molecule has 2 rings (SSSR count). The molecule has 3 heteroatoms. The van der Waals surface area contributed by atoms with E-state index >= 15 is 0 Å². The fourth-order valence-electron chi connectivity index (χ4n) is 2.87. The Morgan fingerprint density at radius 2 is 1.36 bits per heavy atom. The number of rotatable bonds is 4. The molecule has 0 aliphatic rings. The van der Waals surface area contributed by atoms with Gasteiger partial charge in [0, 0.05) is 6.42 Å². The second-order valence-electron chi connectivity index (χ2n) is 6.39. The highest BCUT2D eigenvalue weighted by Gasteiger charge is 2.52. The summed E-state index contributed by atoms with van der Waals surface area (Å²) >= 11 is 0. The molecule has 0 saturated heterocycles. The molecule has 0 aliphatic heterocycles. The van der Waals surface area contributed by atoms with Gasteiger partial charge in [-0.2, -0.15) is 0 Å². The molecule has 0 aliphatic carbocycles. The highest BCUT2D eigenvalue weighted by molar-refractivity contribution is 7.00. The molecule has 0 bridgehead atoms. The average molecular weight is 311 g/mol. The van der Waals surface area contributed by atoms with Gasteiger partial charge < -0.3 is 4.43 Å². The zero-order chi connectivity index (χ0) is 16.2. The van der Waals surface area contributed by atoms with Gasteiger partial charge >= 0.3 is 8.32 Å². The van der Waals surface area contributed by atoms with Gasteiger partial charge in [0.1, 0.15) is 0 Å². The van der Waals surface area contributed by atoms with Crippen LogP contribution in [0.2, 0.25) is 5.04 Å². The third-order valence-corrected chi connectivity index (χ3v) is 8.83. The molecule has 0 amide bonds. The molecular formula is C19H23O2Si. The predicted octanol–water partition coefficient (Wildman–Crippen LogP) is 3.31. The van der Waals surface area contributed by atoms with Crippen LogP contribution in [0.25, 0.3) is 0 Å². The van der Waals surface area contributed by atoms with Crippen molar-refractivity contribution in [2.45, 2.75) is 32.2 Å². The number of benzene rings is 2. The third kappa shape index (κ3) is 3.00. The van der Waals surface area contributed by atoms with Crippen molar-refractivity contribution in [2.24, 2.45) is 0 Å². The Hall–Kier alpha value is -1.87. The van der Waals surface area contributed by atoms with E-state index in [2.05, 4.69) is 52.0 Å². The first kappa shape index (κ1) is 16.5. The summed E-state index contributed by atoms with van der Waals surface area (Å²) in [5.74, 6) is -0.241. The predicted molar refractivity (Wildman–Crippen MR) is 93.7 cm³/mol. The van der Waals surface area contributed by atoms with E-state index in [1.165, 1.54) is 0 Å². The first-order valence-corrected chi connectivity index (χ1v) is 9.45. The van der Waals surface area contributed by atoms with E-state index in [1.807, 2.05) is 36.4 Å². The van der Waals surface area contributed by atoms with Crippen molar-refractivity contribution in [3.05, 3.63) is 67.6 Å². The minimum Gasteiger partial charge on any atom is -0.510 e. The van der Waals surface area contributed by atoms with Crippen molar-refractivity contribution in [3.8, 4) is 0 Å². The van der Waals surface area contributed by atoms with E-state index in [4.69, 9.17) is 4.43 Å². The smallest absolute Gasteiger partial charge is 0.323 e. The van der Waals surface area contributed by atoms with Crippen LogP contribution in [0.5, 0.6) is 0 Å². The monoisotopic (exact) mass is 311 g/mol. The lowest BCUT2D eigenvalue weighted by Gasteiger charge is -2.42. The Morgan fingerprint density at radius 3 is 1.68 bits per heavy atom. The Morgan fingerprint density at radius 1 is 0.955 bits per heavy atom. The van der Waals surface area contributed by atoms with Gasteiger partial charge in [0.25, 0.3) is 5.97 Å². The Balaban J connectivity index is 2.73. The minimum absolute atomic E-state index is 0.143. The summed E-state index contributed by atoms with van der Waals surface area (Å²) in [4.78, 5) is 12.2. The van der Waals surface area contributed by atoms with Crippen LogP contribution < -0.4 is 10.4 Å². The zero-order valence-electron chi connectivity index (χ0n) is 13.5. The molecule has 0 aromatic heterocycles. The van der Waals surface area contributed by atoms with Crippen LogP contribution in [0.15, 0.2) is 60.7 Å². The average Bonchev–Trinajstić information content (AvgIpc) is 2.52. The van der Waals surface area contributed by atoms with Crippen LogP contribution in [0, 0.1) is 6.92 Å². The van der Waals surface area contributed by atoms with E-state index in [9.17, 15) is 4.79 Å². The van der Waals surface area contributed by atoms with Crippen molar-refractivity contribution < 1.29 is 9.22 Å². The second-order valence-corrected chi connectivity index (χ2v) is 10.6. The van der Waals surface area contributed by atoms with Gasteiger partial charge in [0.05, 0.1) is 0 Å². The fraction of sp³-hybridized carbons (Fsp3) is 0.263. The maximum atomic E-state index is 12.2. The SMILES string of the molecule is [CH2]CC(=O)O[Si](c1ccccc1)(c1ccccc1)C(C)(C)C. The van der Waals surface area contributed by atoms with Gasteiger partial charge in [-0.15, -0.1) is 0 Å². The molecule has 0 N–H and O–H groups in total. The number of carbonyl (C=O) groups excluding carboxylic acids is 1. The van der Waals surface area contributed by atoms with Gasteiger partial charge in [-0.3, -0.25) is 4.79 Å². The molecule has 0 unspecified atom stereocenters. The van der Waals surface area contributed by atoms with Crippen molar-refractivity contribution in [1.29, 1.82) is 0 Å². The maximum Gasteiger partial charge on any atom is 0.323 e. The van der Waals surface area contributed by atoms with Crippen LogP contribution in [-0.4, -0.2) is 14.3 Å². The highest BCUT2D eigenvalue weighted by Crippen LogP contribution is 2.36. The first-order chi connectivity index (χ1) is 10.4. The first-order valence-electron chi connectivity index (χ1n) is 7.54. The van der Waals surface area contributed by atoms with E-state index in [-0.39, 0.29) is 17.4 Å². The minimum atomic E-state index is -2.72. The number of hydrogen-bond acceptors (Lipinski definition) is 2. The Bertz CT molecular complexity index is 575. The standard InChI is InChI=1S/C19H23O2Si/c1-5-18(20)21-22(19(2,3)4,16-12-8-6-9-13-16)17-14-10-7-11-15-17/h6-15H,1,5H2,2-4H3.